The maximum absolute atomic E-state index is 11.7. The quantitative estimate of drug-likeness (QED) is 0.687. The molecular weight excluding hydrogens is 214 g/mol. The van der Waals surface area contributed by atoms with Crippen molar-refractivity contribution in [1.29, 1.82) is 0 Å². The van der Waals surface area contributed by atoms with E-state index in [4.69, 9.17) is 0 Å². The van der Waals surface area contributed by atoms with Gasteiger partial charge in [-0.25, -0.2) is 0 Å². The van der Waals surface area contributed by atoms with Crippen LogP contribution in [-0.4, -0.2) is 37.1 Å². The Balaban J connectivity index is 2.37. The first kappa shape index (κ1) is 14.5. The van der Waals surface area contributed by atoms with Crippen LogP contribution >= 0.6 is 0 Å². The molecule has 1 aliphatic heterocycles. The molecule has 0 bridgehead atoms. The lowest BCUT2D eigenvalue weighted by molar-refractivity contribution is -0.121. The molecule has 1 aliphatic rings. The van der Waals surface area contributed by atoms with E-state index in [9.17, 15) is 4.79 Å². The fraction of sp³-hybridized carbons (Fsp3) is 0.923. The van der Waals surface area contributed by atoms with E-state index in [2.05, 4.69) is 29.8 Å². The van der Waals surface area contributed by atoms with Crippen LogP contribution in [-0.2, 0) is 4.79 Å². The van der Waals surface area contributed by atoms with Crippen LogP contribution in [0, 0.1) is 5.41 Å². The molecule has 17 heavy (non-hydrogen) atoms. The van der Waals surface area contributed by atoms with Gasteiger partial charge < -0.3 is 16.0 Å². The molecule has 0 aromatic carbocycles. The first-order valence-corrected chi connectivity index (χ1v) is 6.46. The Hall–Kier alpha value is -0.610. The summed E-state index contributed by atoms with van der Waals surface area (Å²) in [5.74, 6) is 0.0758. The largest absolute Gasteiger partial charge is 0.350 e. The summed E-state index contributed by atoms with van der Waals surface area (Å²) < 4.78 is 0. The molecule has 4 nitrogen and oxygen atoms in total. The van der Waals surface area contributed by atoms with Crippen molar-refractivity contribution in [1.82, 2.24) is 16.0 Å². The summed E-state index contributed by atoms with van der Waals surface area (Å²) in [6, 6.07) is 0.412. The van der Waals surface area contributed by atoms with Crippen molar-refractivity contribution in [2.45, 2.75) is 52.6 Å². The fourth-order valence-corrected chi connectivity index (χ4v) is 2.23. The van der Waals surface area contributed by atoms with E-state index < -0.39 is 0 Å². The lowest BCUT2D eigenvalue weighted by Crippen LogP contribution is -2.55. The summed E-state index contributed by atoms with van der Waals surface area (Å²) in [5, 5.41) is 9.74. The third-order valence-corrected chi connectivity index (χ3v) is 3.16. The summed E-state index contributed by atoms with van der Waals surface area (Å²) in [7, 11) is 0. The number of piperidine rings is 1. The number of hydrogen-bond donors (Lipinski definition) is 3. The van der Waals surface area contributed by atoms with Crippen LogP contribution in [0.2, 0.25) is 0 Å². The zero-order valence-corrected chi connectivity index (χ0v) is 11.8. The predicted molar refractivity (Wildman–Crippen MR) is 71.0 cm³/mol. The van der Waals surface area contributed by atoms with Gasteiger partial charge in [-0.15, -0.1) is 0 Å². The summed E-state index contributed by atoms with van der Waals surface area (Å²) in [5.41, 5.74) is 0.0582. The topological polar surface area (TPSA) is 53.2 Å². The highest BCUT2D eigenvalue weighted by atomic mass is 16.2. The second-order valence-electron chi connectivity index (χ2n) is 6.69. The highest BCUT2D eigenvalue weighted by Gasteiger charge is 2.32. The first-order chi connectivity index (χ1) is 7.71. The molecule has 0 spiro atoms. The number of carbonyl (C=O) groups excluding carboxylic acids is 1. The van der Waals surface area contributed by atoms with Gasteiger partial charge in [0.1, 0.15) is 0 Å². The van der Waals surface area contributed by atoms with Crippen molar-refractivity contribution in [2.24, 2.45) is 5.41 Å². The van der Waals surface area contributed by atoms with E-state index >= 15 is 0 Å². The summed E-state index contributed by atoms with van der Waals surface area (Å²) in [4.78, 5) is 11.7. The van der Waals surface area contributed by atoms with Gasteiger partial charge in [0.05, 0.1) is 6.54 Å². The van der Waals surface area contributed by atoms with Gasteiger partial charge in [-0.3, -0.25) is 4.79 Å². The van der Waals surface area contributed by atoms with Crippen molar-refractivity contribution < 1.29 is 4.79 Å². The van der Waals surface area contributed by atoms with E-state index in [1.165, 1.54) is 0 Å². The van der Waals surface area contributed by atoms with Gasteiger partial charge in [0.25, 0.3) is 0 Å². The van der Waals surface area contributed by atoms with E-state index in [0.717, 1.165) is 19.5 Å². The van der Waals surface area contributed by atoms with Gasteiger partial charge in [0.15, 0.2) is 0 Å². The van der Waals surface area contributed by atoms with E-state index in [1.807, 2.05) is 20.8 Å². The molecule has 1 heterocycles. The summed E-state index contributed by atoms with van der Waals surface area (Å²) >= 11 is 0. The van der Waals surface area contributed by atoms with Crippen LogP contribution in [0.4, 0.5) is 0 Å². The molecule has 0 aromatic heterocycles. The number of rotatable bonds is 3. The molecule has 1 saturated heterocycles. The Bertz CT molecular complexity index is 268. The third-order valence-electron chi connectivity index (χ3n) is 3.16. The normalized spacial score (nSPS) is 24.4. The second-order valence-corrected chi connectivity index (χ2v) is 6.69. The van der Waals surface area contributed by atoms with E-state index in [1.54, 1.807) is 0 Å². The standard InChI is InChI=1S/C13H27N3O/c1-12(2,3)16-11(17)8-15-10-6-7-14-9-13(10,4)5/h10,14-15H,6-9H2,1-5H3,(H,16,17). The molecule has 100 valence electrons. The van der Waals surface area contributed by atoms with Crippen molar-refractivity contribution in [3.05, 3.63) is 0 Å². The molecule has 0 aromatic rings. The van der Waals surface area contributed by atoms with Crippen LogP contribution in [0.3, 0.4) is 0 Å². The molecule has 4 heteroatoms. The molecule has 0 radical (unpaired) electrons. The van der Waals surface area contributed by atoms with Crippen LogP contribution in [0.1, 0.15) is 41.0 Å². The monoisotopic (exact) mass is 241 g/mol. The molecule has 0 aliphatic carbocycles. The lowest BCUT2D eigenvalue weighted by Gasteiger charge is -2.39. The minimum absolute atomic E-state index is 0.0758. The molecule has 3 N–H and O–H groups in total. The zero-order valence-electron chi connectivity index (χ0n) is 11.8. The minimum atomic E-state index is -0.150. The minimum Gasteiger partial charge on any atom is -0.350 e. The predicted octanol–water partition coefficient (Wildman–Crippen LogP) is 0.879. The Morgan fingerprint density at radius 2 is 2.06 bits per heavy atom. The Morgan fingerprint density at radius 3 is 2.59 bits per heavy atom. The molecule has 1 unspecified atom stereocenters. The molecule has 1 rings (SSSR count). The van der Waals surface area contributed by atoms with Gasteiger partial charge in [0, 0.05) is 18.1 Å². The average molecular weight is 241 g/mol. The Morgan fingerprint density at radius 1 is 1.41 bits per heavy atom. The number of nitrogens with one attached hydrogen (secondary N) is 3. The highest BCUT2D eigenvalue weighted by molar-refractivity contribution is 5.78. The smallest absolute Gasteiger partial charge is 0.234 e. The number of hydrogen-bond acceptors (Lipinski definition) is 3. The third kappa shape index (κ3) is 5.04. The van der Waals surface area contributed by atoms with Gasteiger partial charge in [-0.1, -0.05) is 13.8 Å². The van der Waals surface area contributed by atoms with Crippen molar-refractivity contribution in [2.75, 3.05) is 19.6 Å². The Kier molecular flexibility index (Phi) is 4.55. The number of carbonyl (C=O) groups is 1. The van der Waals surface area contributed by atoms with Crippen molar-refractivity contribution >= 4 is 5.91 Å². The summed E-state index contributed by atoms with van der Waals surface area (Å²) in [6.45, 7) is 12.9. The SMILES string of the molecule is CC(C)(C)NC(=O)CNC1CCNCC1(C)C. The van der Waals surface area contributed by atoms with Gasteiger partial charge in [0.2, 0.25) is 5.91 Å². The maximum Gasteiger partial charge on any atom is 0.234 e. The first-order valence-electron chi connectivity index (χ1n) is 6.46. The zero-order chi connectivity index (χ0) is 13.1. The van der Waals surface area contributed by atoms with Gasteiger partial charge >= 0.3 is 0 Å². The summed E-state index contributed by atoms with van der Waals surface area (Å²) in [6.07, 6.45) is 1.08. The maximum atomic E-state index is 11.7. The molecule has 1 amide bonds. The van der Waals surface area contributed by atoms with Gasteiger partial charge in [-0.05, 0) is 39.2 Å². The van der Waals surface area contributed by atoms with Crippen LogP contribution in [0.15, 0.2) is 0 Å². The second kappa shape index (κ2) is 5.36. The molecule has 1 fully saturated rings. The van der Waals surface area contributed by atoms with Crippen LogP contribution in [0.5, 0.6) is 0 Å². The van der Waals surface area contributed by atoms with E-state index in [-0.39, 0.29) is 16.9 Å². The van der Waals surface area contributed by atoms with Crippen molar-refractivity contribution in [3.8, 4) is 0 Å². The highest BCUT2D eigenvalue weighted by Crippen LogP contribution is 2.24. The molecular formula is C13H27N3O. The lowest BCUT2D eigenvalue weighted by atomic mass is 9.80. The van der Waals surface area contributed by atoms with Crippen molar-refractivity contribution in [3.63, 3.8) is 0 Å². The molecule has 1 atom stereocenters. The van der Waals surface area contributed by atoms with Gasteiger partial charge in [-0.2, -0.15) is 0 Å². The average Bonchev–Trinajstić information content (AvgIpc) is 2.12. The molecule has 0 saturated carbocycles. The fourth-order valence-electron chi connectivity index (χ4n) is 2.23. The van der Waals surface area contributed by atoms with Crippen LogP contribution in [0.25, 0.3) is 0 Å². The number of amides is 1. The van der Waals surface area contributed by atoms with Crippen LogP contribution < -0.4 is 16.0 Å². The van der Waals surface area contributed by atoms with E-state index in [0.29, 0.717) is 12.6 Å². The Labute approximate surface area is 105 Å².